The number of aromatic amines is 1. The minimum Gasteiger partial charge on any atom is -0.362 e. The second kappa shape index (κ2) is 6.85. The van der Waals surface area contributed by atoms with Gasteiger partial charge in [0.25, 0.3) is 0 Å². The SMILES string of the molecule is Cc1cc(C(=O)CN2CCN(c3cc(C#N)ccn3)CC2)c(C)[nH]1. The number of hydrogen-bond donors (Lipinski definition) is 1. The Labute approximate surface area is 141 Å². The van der Waals surface area contributed by atoms with E-state index in [1.54, 1.807) is 12.3 Å². The summed E-state index contributed by atoms with van der Waals surface area (Å²) in [6, 6.07) is 7.58. The van der Waals surface area contributed by atoms with Gasteiger partial charge in [0.15, 0.2) is 5.78 Å². The van der Waals surface area contributed by atoms with E-state index in [2.05, 4.69) is 25.8 Å². The Hall–Kier alpha value is -2.65. The second-order valence-corrected chi connectivity index (χ2v) is 6.19. The number of aromatic nitrogens is 2. The fourth-order valence-electron chi connectivity index (χ4n) is 3.10. The molecule has 0 spiro atoms. The van der Waals surface area contributed by atoms with Gasteiger partial charge in [-0.05, 0) is 32.0 Å². The highest BCUT2D eigenvalue weighted by Crippen LogP contribution is 2.16. The number of rotatable bonds is 4. The molecule has 0 atom stereocenters. The van der Waals surface area contributed by atoms with Crippen molar-refractivity contribution in [3.05, 3.63) is 46.9 Å². The van der Waals surface area contributed by atoms with Crippen LogP contribution in [-0.4, -0.2) is 53.4 Å². The lowest BCUT2D eigenvalue weighted by Gasteiger charge is -2.35. The number of carbonyl (C=O) groups is 1. The van der Waals surface area contributed by atoms with Gasteiger partial charge in [0, 0.05) is 49.3 Å². The standard InChI is InChI=1S/C18H21N5O/c1-13-9-16(14(2)21-13)17(24)12-22-5-7-23(8-6-22)18-10-15(11-19)3-4-20-18/h3-4,9-10,21H,5-8,12H2,1-2H3. The van der Waals surface area contributed by atoms with Gasteiger partial charge in [-0.2, -0.15) is 5.26 Å². The van der Waals surface area contributed by atoms with Crippen LogP contribution in [0.3, 0.4) is 0 Å². The van der Waals surface area contributed by atoms with Crippen LogP contribution in [0.5, 0.6) is 0 Å². The third kappa shape index (κ3) is 3.47. The number of ketones is 1. The van der Waals surface area contributed by atoms with Crippen molar-refractivity contribution in [1.29, 1.82) is 5.26 Å². The van der Waals surface area contributed by atoms with Crippen molar-refractivity contribution in [1.82, 2.24) is 14.9 Å². The number of Topliss-reactive ketones (excluding diaryl/α,β-unsaturated/α-hetero) is 1. The maximum atomic E-state index is 12.5. The molecule has 24 heavy (non-hydrogen) atoms. The van der Waals surface area contributed by atoms with E-state index in [9.17, 15) is 4.79 Å². The summed E-state index contributed by atoms with van der Waals surface area (Å²) in [5.74, 6) is 0.993. The molecule has 0 aliphatic carbocycles. The smallest absolute Gasteiger partial charge is 0.178 e. The lowest BCUT2D eigenvalue weighted by Crippen LogP contribution is -2.48. The first-order valence-corrected chi connectivity index (χ1v) is 8.09. The summed E-state index contributed by atoms with van der Waals surface area (Å²) in [4.78, 5) is 24.3. The minimum absolute atomic E-state index is 0.162. The molecule has 0 saturated carbocycles. The topological polar surface area (TPSA) is 76.0 Å². The van der Waals surface area contributed by atoms with Crippen LogP contribution in [0.15, 0.2) is 24.4 Å². The summed E-state index contributed by atoms with van der Waals surface area (Å²) in [6.07, 6.45) is 1.67. The van der Waals surface area contributed by atoms with Gasteiger partial charge < -0.3 is 9.88 Å². The third-order valence-corrected chi connectivity index (χ3v) is 4.39. The molecule has 0 radical (unpaired) electrons. The Morgan fingerprint density at radius 2 is 2.04 bits per heavy atom. The number of nitriles is 1. The van der Waals surface area contributed by atoms with Crippen molar-refractivity contribution in [2.24, 2.45) is 0 Å². The van der Waals surface area contributed by atoms with Gasteiger partial charge in [-0.15, -0.1) is 0 Å². The average Bonchev–Trinajstić information content (AvgIpc) is 2.94. The number of anilines is 1. The van der Waals surface area contributed by atoms with Gasteiger partial charge in [-0.1, -0.05) is 0 Å². The largest absolute Gasteiger partial charge is 0.362 e. The van der Waals surface area contributed by atoms with E-state index < -0.39 is 0 Å². The van der Waals surface area contributed by atoms with Crippen LogP contribution < -0.4 is 4.90 Å². The lowest BCUT2D eigenvalue weighted by molar-refractivity contribution is 0.0926. The fourth-order valence-corrected chi connectivity index (χ4v) is 3.10. The predicted molar refractivity (Wildman–Crippen MR) is 92.2 cm³/mol. The molecule has 6 nitrogen and oxygen atoms in total. The van der Waals surface area contributed by atoms with Crippen LogP contribution in [0.25, 0.3) is 0 Å². The molecule has 0 amide bonds. The molecule has 124 valence electrons. The van der Waals surface area contributed by atoms with Gasteiger partial charge in [0.05, 0.1) is 18.2 Å². The van der Waals surface area contributed by atoms with Crippen molar-refractivity contribution in [2.45, 2.75) is 13.8 Å². The van der Waals surface area contributed by atoms with Crippen LogP contribution in [0.2, 0.25) is 0 Å². The summed E-state index contributed by atoms with van der Waals surface area (Å²) in [6.45, 7) is 7.58. The monoisotopic (exact) mass is 323 g/mol. The second-order valence-electron chi connectivity index (χ2n) is 6.19. The van der Waals surface area contributed by atoms with Crippen molar-refractivity contribution < 1.29 is 4.79 Å². The average molecular weight is 323 g/mol. The van der Waals surface area contributed by atoms with Gasteiger partial charge in [-0.25, -0.2) is 4.98 Å². The van der Waals surface area contributed by atoms with E-state index in [1.807, 2.05) is 26.0 Å². The highest BCUT2D eigenvalue weighted by molar-refractivity contribution is 5.98. The molecular weight excluding hydrogens is 302 g/mol. The van der Waals surface area contributed by atoms with Gasteiger partial charge >= 0.3 is 0 Å². The van der Waals surface area contributed by atoms with Crippen molar-refractivity contribution in [2.75, 3.05) is 37.6 Å². The first kappa shape index (κ1) is 16.2. The molecule has 1 N–H and O–H groups in total. The van der Waals surface area contributed by atoms with E-state index in [1.165, 1.54) is 0 Å². The van der Waals surface area contributed by atoms with E-state index in [0.717, 1.165) is 48.9 Å². The summed E-state index contributed by atoms with van der Waals surface area (Å²) >= 11 is 0. The van der Waals surface area contributed by atoms with Gasteiger partial charge in [0.1, 0.15) is 5.82 Å². The number of carbonyl (C=O) groups excluding carboxylic acids is 1. The highest BCUT2D eigenvalue weighted by Gasteiger charge is 2.21. The van der Waals surface area contributed by atoms with Gasteiger partial charge in [-0.3, -0.25) is 9.69 Å². The zero-order chi connectivity index (χ0) is 17.1. The molecule has 2 aromatic rings. The van der Waals surface area contributed by atoms with Crippen molar-refractivity contribution in [3.8, 4) is 6.07 Å². The number of hydrogen-bond acceptors (Lipinski definition) is 5. The summed E-state index contributed by atoms with van der Waals surface area (Å²) < 4.78 is 0. The summed E-state index contributed by atoms with van der Waals surface area (Å²) in [7, 11) is 0. The van der Waals surface area contributed by atoms with E-state index in [0.29, 0.717) is 12.1 Å². The van der Waals surface area contributed by atoms with E-state index >= 15 is 0 Å². The maximum Gasteiger partial charge on any atom is 0.178 e. The maximum absolute atomic E-state index is 12.5. The molecule has 3 heterocycles. The fraction of sp³-hybridized carbons (Fsp3) is 0.389. The van der Waals surface area contributed by atoms with E-state index in [-0.39, 0.29) is 5.78 Å². The van der Waals surface area contributed by atoms with Crippen LogP contribution >= 0.6 is 0 Å². The summed E-state index contributed by atoms with van der Waals surface area (Å²) in [5.41, 5.74) is 3.37. The first-order chi connectivity index (χ1) is 11.6. The third-order valence-electron chi connectivity index (χ3n) is 4.39. The Bertz CT molecular complexity index is 781. The van der Waals surface area contributed by atoms with Crippen molar-refractivity contribution in [3.63, 3.8) is 0 Å². The molecular formula is C18H21N5O. The predicted octanol–water partition coefficient (Wildman–Crippen LogP) is 1.90. The molecule has 1 fully saturated rings. The Kier molecular flexibility index (Phi) is 4.63. The van der Waals surface area contributed by atoms with Crippen molar-refractivity contribution >= 4 is 11.6 Å². The zero-order valence-corrected chi connectivity index (χ0v) is 14.0. The van der Waals surface area contributed by atoms with Crippen LogP contribution in [0.4, 0.5) is 5.82 Å². The molecule has 1 aliphatic rings. The zero-order valence-electron chi connectivity index (χ0n) is 14.0. The van der Waals surface area contributed by atoms with E-state index in [4.69, 9.17) is 5.26 Å². The molecule has 0 unspecified atom stereocenters. The quantitative estimate of drug-likeness (QED) is 0.870. The van der Waals surface area contributed by atoms with Crippen LogP contribution in [0.1, 0.15) is 27.3 Å². The molecule has 3 rings (SSSR count). The molecule has 1 aliphatic heterocycles. The van der Waals surface area contributed by atoms with Crippen LogP contribution in [-0.2, 0) is 0 Å². The minimum atomic E-state index is 0.162. The van der Waals surface area contributed by atoms with Gasteiger partial charge in [0.2, 0.25) is 0 Å². The summed E-state index contributed by atoms with van der Waals surface area (Å²) in [5, 5.41) is 8.99. The molecule has 0 bridgehead atoms. The lowest BCUT2D eigenvalue weighted by atomic mass is 10.1. The number of pyridine rings is 1. The molecule has 6 heteroatoms. The number of piperazine rings is 1. The number of H-pyrrole nitrogens is 1. The molecule has 2 aromatic heterocycles. The molecule has 1 saturated heterocycles. The normalized spacial score (nSPS) is 15.3. The number of nitrogens with one attached hydrogen (secondary N) is 1. The van der Waals surface area contributed by atoms with Crippen LogP contribution in [0, 0.1) is 25.2 Å². The Morgan fingerprint density at radius 3 is 2.67 bits per heavy atom. The number of nitrogens with zero attached hydrogens (tertiary/aromatic N) is 4. The first-order valence-electron chi connectivity index (χ1n) is 8.09. The Balaban J connectivity index is 1.58. The Morgan fingerprint density at radius 1 is 1.29 bits per heavy atom. The number of aryl methyl sites for hydroxylation is 2. The molecule has 0 aromatic carbocycles. The highest BCUT2D eigenvalue weighted by atomic mass is 16.1.